The smallest absolute Gasteiger partial charge is 0.181 e. The number of aryl methyl sites for hydroxylation is 1. The maximum absolute atomic E-state index is 14.3. The molecule has 0 amide bonds. The largest absolute Gasteiger partial charge is 0.410 e. The summed E-state index contributed by atoms with van der Waals surface area (Å²) in [4.78, 5) is 1.51. The number of oxime groups is 1. The summed E-state index contributed by atoms with van der Waals surface area (Å²) in [5, 5.41) is 10.5. The Labute approximate surface area is 211 Å². The Morgan fingerprint density at radius 3 is 2.17 bits per heavy atom. The molecule has 0 aliphatic rings. The molecule has 0 aliphatic heterocycles. The lowest BCUT2D eigenvalue weighted by molar-refractivity contribution is 0.320. The zero-order valence-electron chi connectivity index (χ0n) is 18.1. The number of nitrogens with zero attached hydrogens (tertiary/aromatic N) is 1. The van der Waals surface area contributed by atoms with Crippen molar-refractivity contribution in [2.24, 2.45) is 5.16 Å². The third-order valence-electron chi connectivity index (χ3n) is 4.98. The van der Waals surface area contributed by atoms with Crippen molar-refractivity contribution >= 4 is 61.0 Å². The Balaban J connectivity index is 1.54. The topological polar surface area (TPSA) is 32.6 Å². The minimum Gasteiger partial charge on any atom is -0.410 e. The van der Waals surface area contributed by atoms with Gasteiger partial charge >= 0.3 is 0 Å². The van der Waals surface area contributed by atoms with Gasteiger partial charge in [-0.2, -0.15) is 0 Å². The summed E-state index contributed by atoms with van der Waals surface area (Å²) in [5.41, 5.74) is 0.0217. The highest BCUT2D eigenvalue weighted by Gasteiger charge is 2.15. The Morgan fingerprint density at radius 1 is 0.914 bits per heavy atom. The lowest BCUT2D eigenvalue weighted by Gasteiger charge is -2.04. The highest BCUT2D eigenvalue weighted by atomic mass is 35.5. The van der Waals surface area contributed by atoms with Gasteiger partial charge in [0.15, 0.2) is 5.17 Å². The van der Waals surface area contributed by atoms with Gasteiger partial charge in [-0.3, -0.25) is 0 Å². The van der Waals surface area contributed by atoms with E-state index in [9.17, 15) is 17.6 Å². The molecule has 0 aliphatic carbocycles. The van der Waals surface area contributed by atoms with Gasteiger partial charge in [0.1, 0.15) is 23.3 Å². The van der Waals surface area contributed by atoms with Crippen molar-refractivity contribution in [1.82, 2.24) is 0 Å². The van der Waals surface area contributed by atoms with Crippen LogP contribution in [0.1, 0.15) is 45.4 Å². The fourth-order valence-electron chi connectivity index (χ4n) is 3.42. The predicted octanol–water partition coefficient (Wildman–Crippen LogP) is 8.42. The normalized spacial score (nSPS) is 11.9. The van der Waals surface area contributed by atoms with Crippen LogP contribution in [0.5, 0.6) is 0 Å². The first-order chi connectivity index (χ1) is 16.8. The first-order valence-corrected chi connectivity index (χ1v) is 12.4. The first-order valence-electron chi connectivity index (χ1n) is 10.4. The summed E-state index contributed by atoms with van der Waals surface area (Å²) in [7, 11) is 0. The SMILES string of the molecule is CCCc1cc(F)c(/C=C/c2cc3sc(C#Cc4cc(F)c(/C(Cl)=N/O)c(F)c4)cc3s2)c(F)c1. The molecule has 0 unspecified atom stereocenters. The van der Waals surface area contributed by atoms with E-state index in [0.29, 0.717) is 16.9 Å². The molecule has 2 aromatic carbocycles. The van der Waals surface area contributed by atoms with Crippen LogP contribution in [0.4, 0.5) is 17.6 Å². The monoisotopic (exact) mass is 533 g/mol. The van der Waals surface area contributed by atoms with Crippen molar-refractivity contribution in [3.05, 3.63) is 91.7 Å². The van der Waals surface area contributed by atoms with Gasteiger partial charge in [0.25, 0.3) is 0 Å². The second-order valence-corrected chi connectivity index (χ2v) is 10.1. The number of hydrogen-bond acceptors (Lipinski definition) is 4. The van der Waals surface area contributed by atoms with Crippen molar-refractivity contribution in [1.29, 1.82) is 0 Å². The lowest BCUT2D eigenvalue weighted by Crippen LogP contribution is -2.01. The summed E-state index contributed by atoms with van der Waals surface area (Å²) in [6.45, 7) is 1.95. The van der Waals surface area contributed by atoms with Crippen LogP contribution in [0.25, 0.3) is 21.6 Å². The number of benzene rings is 2. The average molecular weight is 534 g/mol. The van der Waals surface area contributed by atoms with E-state index in [1.165, 1.54) is 40.9 Å². The van der Waals surface area contributed by atoms with Crippen molar-refractivity contribution in [3.8, 4) is 11.8 Å². The predicted molar refractivity (Wildman–Crippen MR) is 135 cm³/mol. The van der Waals surface area contributed by atoms with E-state index in [0.717, 1.165) is 32.8 Å². The molecule has 0 saturated heterocycles. The Bertz CT molecular complexity index is 1460. The molecule has 178 valence electrons. The second-order valence-electron chi connectivity index (χ2n) is 7.50. The molecule has 4 aromatic rings. The molecule has 2 aromatic heterocycles. The molecular weight excluding hydrogens is 518 g/mol. The maximum atomic E-state index is 14.3. The van der Waals surface area contributed by atoms with Gasteiger partial charge in [-0.05, 0) is 60.5 Å². The van der Waals surface area contributed by atoms with Gasteiger partial charge in [0.05, 0.1) is 10.4 Å². The van der Waals surface area contributed by atoms with E-state index in [4.69, 9.17) is 16.8 Å². The van der Waals surface area contributed by atoms with Crippen LogP contribution in [-0.4, -0.2) is 10.4 Å². The molecule has 0 atom stereocenters. The summed E-state index contributed by atoms with van der Waals surface area (Å²) in [6.07, 6.45) is 4.52. The number of fused-ring (bicyclic) bond motifs is 1. The van der Waals surface area contributed by atoms with E-state index in [1.807, 2.05) is 19.1 Å². The maximum Gasteiger partial charge on any atom is 0.181 e. The van der Waals surface area contributed by atoms with Crippen LogP contribution in [-0.2, 0) is 6.42 Å². The van der Waals surface area contributed by atoms with Gasteiger partial charge in [-0.1, -0.05) is 41.9 Å². The second kappa shape index (κ2) is 10.6. The fourth-order valence-corrected chi connectivity index (χ4v) is 5.76. The summed E-state index contributed by atoms with van der Waals surface area (Å²) >= 11 is 8.33. The van der Waals surface area contributed by atoms with Crippen molar-refractivity contribution in [2.75, 3.05) is 0 Å². The number of hydrogen-bond donors (Lipinski definition) is 1. The molecule has 0 radical (unpaired) electrons. The van der Waals surface area contributed by atoms with Gasteiger partial charge in [-0.25, -0.2) is 17.6 Å². The van der Waals surface area contributed by atoms with Gasteiger partial charge in [-0.15, -0.1) is 22.7 Å². The number of thiophene rings is 2. The molecule has 0 spiro atoms. The third-order valence-corrected chi connectivity index (χ3v) is 7.42. The van der Waals surface area contributed by atoms with Crippen molar-refractivity contribution in [3.63, 3.8) is 0 Å². The van der Waals surface area contributed by atoms with Gasteiger partial charge in [0.2, 0.25) is 0 Å². The zero-order chi connectivity index (χ0) is 25.1. The van der Waals surface area contributed by atoms with Gasteiger partial charge in [0, 0.05) is 25.4 Å². The van der Waals surface area contributed by atoms with Crippen LogP contribution in [0.3, 0.4) is 0 Å². The molecular formula is C26H16ClF4NOS2. The Kier molecular flexibility index (Phi) is 7.60. The summed E-state index contributed by atoms with van der Waals surface area (Å²) < 4.78 is 58.7. The number of rotatable bonds is 5. The zero-order valence-corrected chi connectivity index (χ0v) is 20.5. The molecule has 1 N–H and O–H groups in total. The average Bonchev–Trinajstić information content (AvgIpc) is 3.35. The summed E-state index contributed by atoms with van der Waals surface area (Å²) in [5.74, 6) is 2.42. The molecule has 35 heavy (non-hydrogen) atoms. The van der Waals surface area contributed by atoms with E-state index in [1.54, 1.807) is 6.08 Å². The van der Waals surface area contributed by atoms with E-state index in [-0.39, 0.29) is 11.1 Å². The van der Waals surface area contributed by atoms with E-state index in [2.05, 4.69) is 17.0 Å². The van der Waals surface area contributed by atoms with E-state index >= 15 is 0 Å². The van der Waals surface area contributed by atoms with Crippen molar-refractivity contribution < 1.29 is 22.8 Å². The molecule has 2 heterocycles. The Hall–Kier alpha value is -3.12. The van der Waals surface area contributed by atoms with Crippen LogP contribution >= 0.6 is 34.3 Å². The standard InChI is InChI=1S/C26H16ClF4NOS2/c1-2-3-14-8-19(28)18(20(29)9-14)7-6-17-13-24-23(35-17)12-16(34-24)5-4-15-10-21(30)25(22(31)11-15)26(27)32-33/h6-13,33H,2-3H2,1H3/b7-6+,32-26-. The molecule has 9 heteroatoms. The molecule has 2 nitrogen and oxygen atoms in total. The first kappa shape index (κ1) is 25.0. The minimum absolute atomic E-state index is 0.0785. The highest BCUT2D eigenvalue weighted by Crippen LogP contribution is 2.34. The van der Waals surface area contributed by atoms with Crippen LogP contribution in [0.2, 0.25) is 0 Å². The van der Waals surface area contributed by atoms with Crippen LogP contribution < -0.4 is 0 Å². The van der Waals surface area contributed by atoms with Crippen LogP contribution in [0.15, 0.2) is 41.6 Å². The van der Waals surface area contributed by atoms with Crippen molar-refractivity contribution in [2.45, 2.75) is 19.8 Å². The molecule has 0 saturated carbocycles. The Morgan fingerprint density at radius 2 is 1.57 bits per heavy atom. The lowest BCUT2D eigenvalue weighted by atomic mass is 10.1. The third kappa shape index (κ3) is 5.59. The molecule has 0 bridgehead atoms. The highest BCUT2D eigenvalue weighted by molar-refractivity contribution is 7.28. The van der Waals surface area contributed by atoms with Gasteiger partial charge < -0.3 is 5.21 Å². The minimum atomic E-state index is -0.992. The van der Waals surface area contributed by atoms with Crippen LogP contribution in [0, 0.1) is 35.1 Å². The summed E-state index contributed by atoms with van der Waals surface area (Å²) in [6, 6.07) is 8.47. The fraction of sp³-hybridized carbons (Fsp3) is 0.115. The van der Waals surface area contributed by atoms with E-state index < -0.39 is 34.0 Å². The quantitative estimate of drug-likeness (QED) is 0.0902. The molecule has 4 rings (SSSR count). The number of halogens is 5. The molecule has 0 fully saturated rings.